The first-order valence-corrected chi connectivity index (χ1v) is 10.6. The molecule has 8 heteroatoms. The molecule has 1 saturated heterocycles. The Hall–Kier alpha value is -3.55. The molecule has 0 radical (unpaired) electrons. The molecule has 4 rings (SSSR count). The SMILES string of the molecule is CCOc1ccc(N2C(=O)CC(N(C(=O)c3ccc(OC)c(OC)c3)C3CC3)C2=O)cc1. The van der Waals surface area contributed by atoms with Gasteiger partial charge in [0.25, 0.3) is 11.8 Å². The van der Waals surface area contributed by atoms with Gasteiger partial charge in [0.05, 0.1) is 32.9 Å². The average molecular weight is 438 g/mol. The van der Waals surface area contributed by atoms with Gasteiger partial charge in [0.15, 0.2) is 11.5 Å². The molecule has 0 aromatic heterocycles. The summed E-state index contributed by atoms with van der Waals surface area (Å²) in [5.74, 6) is 0.591. The van der Waals surface area contributed by atoms with Crippen LogP contribution in [0.5, 0.6) is 17.2 Å². The molecule has 0 N–H and O–H groups in total. The molecule has 3 amide bonds. The van der Waals surface area contributed by atoms with Crippen molar-refractivity contribution in [1.29, 1.82) is 0 Å². The number of carbonyl (C=O) groups excluding carboxylic acids is 3. The van der Waals surface area contributed by atoms with Gasteiger partial charge < -0.3 is 19.1 Å². The number of nitrogens with zero attached hydrogens (tertiary/aromatic N) is 2. The fourth-order valence-corrected chi connectivity index (χ4v) is 4.00. The molecule has 2 fully saturated rings. The summed E-state index contributed by atoms with van der Waals surface area (Å²) in [6.45, 7) is 2.41. The lowest BCUT2D eigenvalue weighted by atomic mass is 10.1. The van der Waals surface area contributed by atoms with Gasteiger partial charge in [-0.2, -0.15) is 0 Å². The van der Waals surface area contributed by atoms with Crippen LogP contribution in [-0.4, -0.2) is 55.5 Å². The molecule has 1 unspecified atom stereocenters. The highest BCUT2D eigenvalue weighted by molar-refractivity contribution is 6.23. The van der Waals surface area contributed by atoms with Crippen LogP contribution < -0.4 is 19.1 Å². The molecule has 2 aromatic rings. The Kier molecular flexibility index (Phi) is 6.03. The average Bonchev–Trinajstić information content (AvgIpc) is 3.59. The molecule has 0 bridgehead atoms. The van der Waals surface area contributed by atoms with Crippen LogP contribution in [0.15, 0.2) is 42.5 Å². The van der Waals surface area contributed by atoms with E-state index in [0.29, 0.717) is 35.1 Å². The van der Waals surface area contributed by atoms with Crippen molar-refractivity contribution in [1.82, 2.24) is 4.90 Å². The van der Waals surface area contributed by atoms with Gasteiger partial charge in [-0.25, -0.2) is 4.90 Å². The maximum absolute atomic E-state index is 13.4. The van der Waals surface area contributed by atoms with E-state index < -0.39 is 6.04 Å². The summed E-state index contributed by atoms with van der Waals surface area (Å²) in [5, 5.41) is 0. The summed E-state index contributed by atoms with van der Waals surface area (Å²) >= 11 is 0. The zero-order valence-corrected chi connectivity index (χ0v) is 18.4. The van der Waals surface area contributed by atoms with Gasteiger partial charge in [0.1, 0.15) is 11.8 Å². The highest BCUT2D eigenvalue weighted by atomic mass is 16.5. The molecule has 0 spiro atoms. The molecular formula is C24H26N2O6. The first kappa shape index (κ1) is 21.7. The van der Waals surface area contributed by atoms with E-state index in [0.717, 1.165) is 17.7 Å². The molecule has 1 heterocycles. The van der Waals surface area contributed by atoms with Gasteiger partial charge in [-0.15, -0.1) is 0 Å². The minimum absolute atomic E-state index is 0.0401. The van der Waals surface area contributed by atoms with Crippen LogP contribution >= 0.6 is 0 Å². The molecule has 168 valence electrons. The van der Waals surface area contributed by atoms with Gasteiger partial charge in [0.2, 0.25) is 5.91 Å². The second-order valence-corrected chi connectivity index (χ2v) is 7.73. The Labute approximate surface area is 186 Å². The topological polar surface area (TPSA) is 85.4 Å². The number of hydrogen-bond donors (Lipinski definition) is 0. The zero-order valence-electron chi connectivity index (χ0n) is 18.4. The summed E-state index contributed by atoms with van der Waals surface area (Å²) in [6, 6.07) is 10.8. The van der Waals surface area contributed by atoms with Crippen LogP contribution in [0.4, 0.5) is 5.69 Å². The first-order valence-electron chi connectivity index (χ1n) is 10.6. The van der Waals surface area contributed by atoms with Crippen molar-refractivity contribution in [3.63, 3.8) is 0 Å². The number of benzene rings is 2. The molecule has 1 aliphatic heterocycles. The number of methoxy groups -OCH3 is 2. The van der Waals surface area contributed by atoms with Crippen molar-refractivity contribution in [2.24, 2.45) is 0 Å². The van der Waals surface area contributed by atoms with Crippen LogP contribution in [0.2, 0.25) is 0 Å². The fourth-order valence-electron chi connectivity index (χ4n) is 4.00. The summed E-state index contributed by atoms with van der Waals surface area (Å²) in [6.07, 6.45) is 1.57. The van der Waals surface area contributed by atoms with E-state index in [4.69, 9.17) is 14.2 Å². The van der Waals surface area contributed by atoms with Crippen LogP contribution in [0.25, 0.3) is 0 Å². The Balaban J connectivity index is 1.60. The zero-order chi connectivity index (χ0) is 22.8. The third kappa shape index (κ3) is 4.00. The van der Waals surface area contributed by atoms with Crippen LogP contribution in [-0.2, 0) is 9.59 Å². The van der Waals surface area contributed by atoms with Gasteiger partial charge in [-0.05, 0) is 62.2 Å². The Morgan fingerprint density at radius 1 is 1.03 bits per heavy atom. The molecule has 8 nitrogen and oxygen atoms in total. The molecule has 2 aromatic carbocycles. The summed E-state index contributed by atoms with van der Waals surface area (Å²) in [4.78, 5) is 42.2. The van der Waals surface area contributed by atoms with E-state index >= 15 is 0 Å². The smallest absolute Gasteiger partial charge is 0.257 e. The van der Waals surface area contributed by atoms with E-state index in [1.54, 1.807) is 47.4 Å². The number of anilines is 1. The number of rotatable bonds is 8. The van der Waals surface area contributed by atoms with Crippen LogP contribution in [0.1, 0.15) is 36.5 Å². The van der Waals surface area contributed by atoms with E-state index in [-0.39, 0.29) is 30.2 Å². The van der Waals surface area contributed by atoms with Crippen molar-refractivity contribution in [3.8, 4) is 17.2 Å². The van der Waals surface area contributed by atoms with Crippen molar-refractivity contribution in [3.05, 3.63) is 48.0 Å². The lowest BCUT2D eigenvalue weighted by Gasteiger charge is -2.28. The predicted molar refractivity (Wildman–Crippen MR) is 117 cm³/mol. The largest absolute Gasteiger partial charge is 0.494 e. The Morgan fingerprint density at radius 2 is 1.72 bits per heavy atom. The molecule has 2 aliphatic rings. The maximum Gasteiger partial charge on any atom is 0.257 e. The predicted octanol–water partition coefficient (Wildman–Crippen LogP) is 3.04. The number of ether oxygens (including phenoxy) is 3. The van der Waals surface area contributed by atoms with Crippen molar-refractivity contribution in [2.45, 2.75) is 38.3 Å². The van der Waals surface area contributed by atoms with Gasteiger partial charge in [-0.3, -0.25) is 14.4 Å². The number of amides is 3. The fraction of sp³-hybridized carbons (Fsp3) is 0.375. The second-order valence-electron chi connectivity index (χ2n) is 7.73. The highest BCUT2D eigenvalue weighted by Gasteiger charge is 2.49. The standard InChI is InChI=1S/C24H26N2O6/c1-4-32-18-10-8-17(9-11-18)26-22(27)14-19(24(26)29)25(16-6-7-16)23(28)15-5-12-20(30-2)21(13-15)31-3/h5,8-13,16,19H,4,6-7,14H2,1-3H3. The molecule has 1 atom stereocenters. The summed E-state index contributed by atoms with van der Waals surface area (Å²) < 4.78 is 16.0. The van der Waals surface area contributed by atoms with Crippen molar-refractivity contribution < 1.29 is 28.6 Å². The monoisotopic (exact) mass is 438 g/mol. The molecule has 32 heavy (non-hydrogen) atoms. The molecule has 1 saturated carbocycles. The van der Waals surface area contributed by atoms with Gasteiger partial charge in [0, 0.05) is 11.6 Å². The van der Waals surface area contributed by atoms with Crippen LogP contribution in [0.3, 0.4) is 0 Å². The first-order chi connectivity index (χ1) is 15.5. The lowest BCUT2D eigenvalue weighted by molar-refractivity contribution is -0.122. The quantitative estimate of drug-likeness (QED) is 0.589. The normalized spacial score (nSPS) is 18.0. The van der Waals surface area contributed by atoms with Crippen LogP contribution in [0, 0.1) is 0 Å². The van der Waals surface area contributed by atoms with E-state index in [1.165, 1.54) is 14.2 Å². The van der Waals surface area contributed by atoms with Gasteiger partial charge in [-0.1, -0.05) is 0 Å². The minimum Gasteiger partial charge on any atom is -0.494 e. The van der Waals surface area contributed by atoms with Crippen molar-refractivity contribution in [2.75, 3.05) is 25.7 Å². The minimum atomic E-state index is -0.831. The summed E-state index contributed by atoms with van der Waals surface area (Å²) in [5.41, 5.74) is 0.856. The third-order valence-electron chi connectivity index (χ3n) is 5.67. The van der Waals surface area contributed by atoms with Gasteiger partial charge >= 0.3 is 0 Å². The third-order valence-corrected chi connectivity index (χ3v) is 5.67. The van der Waals surface area contributed by atoms with E-state index in [9.17, 15) is 14.4 Å². The maximum atomic E-state index is 13.4. The lowest BCUT2D eigenvalue weighted by Crippen LogP contribution is -2.46. The Morgan fingerprint density at radius 3 is 2.31 bits per heavy atom. The van der Waals surface area contributed by atoms with Crippen molar-refractivity contribution >= 4 is 23.4 Å². The molecular weight excluding hydrogens is 412 g/mol. The Bertz CT molecular complexity index is 1030. The van der Waals surface area contributed by atoms with E-state index in [2.05, 4.69) is 0 Å². The van der Waals surface area contributed by atoms with E-state index in [1.807, 2.05) is 6.92 Å². The molecule has 1 aliphatic carbocycles. The second kappa shape index (κ2) is 8.90. The number of carbonyl (C=O) groups is 3. The highest BCUT2D eigenvalue weighted by Crippen LogP contribution is 2.36. The number of hydrogen-bond acceptors (Lipinski definition) is 6. The summed E-state index contributed by atoms with van der Waals surface area (Å²) in [7, 11) is 3.02. The number of imide groups is 1.